The van der Waals surface area contributed by atoms with Crippen molar-refractivity contribution in [1.29, 1.82) is 0 Å². The average molecular weight is 199 g/mol. The normalized spacial score (nSPS) is 18.8. The first-order chi connectivity index (χ1) is 6.43. The minimum atomic E-state index is 0.818. The lowest BCUT2D eigenvalue weighted by Gasteiger charge is -2.22. The highest BCUT2D eigenvalue weighted by atomic mass is 32.2. The van der Waals surface area contributed by atoms with Crippen molar-refractivity contribution < 1.29 is 0 Å². The molecule has 0 aromatic heterocycles. The molecule has 2 heteroatoms. The van der Waals surface area contributed by atoms with Crippen molar-refractivity contribution in [2.75, 3.05) is 18.1 Å². The van der Waals surface area contributed by atoms with E-state index in [1.807, 2.05) is 17.8 Å². The Morgan fingerprint density at radius 2 is 2.08 bits per heavy atom. The van der Waals surface area contributed by atoms with E-state index in [1.54, 1.807) is 0 Å². The van der Waals surface area contributed by atoms with Crippen LogP contribution in [0.3, 0.4) is 0 Å². The molecule has 1 N–H and O–H groups in total. The Labute approximate surface area is 86.4 Å². The highest BCUT2D eigenvalue weighted by molar-refractivity contribution is 7.99. The largest absolute Gasteiger partial charge is 0.313 e. The van der Waals surface area contributed by atoms with Crippen molar-refractivity contribution in [3.63, 3.8) is 0 Å². The molecule has 1 saturated carbocycles. The van der Waals surface area contributed by atoms with Crippen LogP contribution in [-0.2, 0) is 0 Å². The highest BCUT2D eigenvalue weighted by Crippen LogP contribution is 2.17. The van der Waals surface area contributed by atoms with Gasteiger partial charge in [0.2, 0.25) is 0 Å². The van der Waals surface area contributed by atoms with Gasteiger partial charge in [-0.2, -0.15) is 11.8 Å². The van der Waals surface area contributed by atoms with Crippen molar-refractivity contribution in [2.45, 2.75) is 38.1 Å². The zero-order valence-electron chi connectivity index (χ0n) is 8.43. The van der Waals surface area contributed by atoms with E-state index in [2.05, 4.69) is 11.9 Å². The average Bonchev–Trinajstić information content (AvgIpc) is 2.19. The highest BCUT2D eigenvalue weighted by Gasteiger charge is 2.11. The first kappa shape index (κ1) is 11.1. The van der Waals surface area contributed by atoms with Gasteiger partial charge in [-0.25, -0.2) is 0 Å². The predicted octanol–water partition coefficient (Wildman–Crippen LogP) is 2.83. The van der Waals surface area contributed by atoms with Gasteiger partial charge >= 0.3 is 0 Å². The molecule has 0 amide bonds. The second-order valence-electron chi connectivity index (χ2n) is 3.65. The van der Waals surface area contributed by atoms with Crippen LogP contribution in [0.5, 0.6) is 0 Å². The summed E-state index contributed by atoms with van der Waals surface area (Å²) in [6.45, 7) is 4.88. The van der Waals surface area contributed by atoms with Crippen LogP contribution in [0.1, 0.15) is 32.1 Å². The lowest BCUT2D eigenvalue weighted by Crippen LogP contribution is -2.32. The molecule has 0 spiro atoms. The second kappa shape index (κ2) is 7.45. The molecule has 0 aliphatic heterocycles. The van der Waals surface area contributed by atoms with Gasteiger partial charge in [0.05, 0.1) is 0 Å². The summed E-state index contributed by atoms with van der Waals surface area (Å²) >= 11 is 1.96. The summed E-state index contributed by atoms with van der Waals surface area (Å²) in [5.41, 5.74) is 0. The van der Waals surface area contributed by atoms with Crippen molar-refractivity contribution >= 4 is 11.8 Å². The Hall–Kier alpha value is 0.0500. The molecular weight excluding hydrogens is 178 g/mol. The number of nitrogens with one attached hydrogen (secondary N) is 1. The fourth-order valence-corrected chi connectivity index (χ4v) is 2.40. The number of hydrogen-bond acceptors (Lipinski definition) is 2. The Morgan fingerprint density at radius 1 is 1.31 bits per heavy atom. The molecule has 0 saturated heterocycles. The zero-order chi connectivity index (χ0) is 9.36. The first-order valence-electron chi connectivity index (χ1n) is 5.35. The van der Waals surface area contributed by atoms with E-state index in [1.165, 1.54) is 44.4 Å². The van der Waals surface area contributed by atoms with Crippen LogP contribution < -0.4 is 5.32 Å². The smallest absolute Gasteiger partial charge is 0.0111 e. The molecule has 0 aromatic carbocycles. The van der Waals surface area contributed by atoms with Crippen molar-refractivity contribution in [1.82, 2.24) is 5.32 Å². The maximum Gasteiger partial charge on any atom is 0.0111 e. The van der Waals surface area contributed by atoms with Gasteiger partial charge in [0.25, 0.3) is 0 Å². The third-order valence-electron chi connectivity index (χ3n) is 2.52. The standard InChI is InChI=1S/C11H21NS/c1-2-9-13-10-8-12-11-6-4-3-5-7-11/h2,11-12H,1,3-10H2. The number of hydrogen-bond donors (Lipinski definition) is 1. The molecule has 1 aliphatic carbocycles. The summed E-state index contributed by atoms with van der Waals surface area (Å²) < 4.78 is 0. The molecule has 0 bridgehead atoms. The fourth-order valence-electron chi connectivity index (χ4n) is 1.81. The molecule has 1 fully saturated rings. The molecule has 0 atom stereocenters. The van der Waals surface area contributed by atoms with Crippen LogP contribution in [0.2, 0.25) is 0 Å². The molecule has 0 unspecified atom stereocenters. The van der Waals surface area contributed by atoms with Gasteiger partial charge < -0.3 is 5.32 Å². The molecule has 1 nitrogen and oxygen atoms in total. The van der Waals surface area contributed by atoms with Crippen LogP contribution in [0.15, 0.2) is 12.7 Å². The summed E-state index contributed by atoms with van der Waals surface area (Å²) in [4.78, 5) is 0. The maximum atomic E-state index is 3.71. The second-order valence-corrected chi connectivity index (χ2v) is 4.80. The van der Waals surface area contributed by atoms with E-state index < -0.39 is 0 Å². The van der Waals surface area contributed by atoms with Crippen LogP contribution >= 0.6 is 11.8 Å². The van der Waals surface area contributed by atoms with Gasteiger partial charge in [-0.05, 0) is 12.8 Å². The summed E-state index contributed by atoms with van der Waals surface area (Å²) in [5, 5.41) is 3.63. The van der Waals surface area contributed by atoms with E-state index in [0.29, 0.717) is 0 Å². The molecule has 0 radical (unpaired) electrons. The van der Waals surface area contributed by atoms with Crippen LogP contribution in [0, 0.1) is 0 Å². The monoisotopic (exact) mass is 199 g/mol. The van der Waals surface area contributed by atoms with Crippen LogP contribution in [0.25, 0.3) is 0 Å². The van der Waals surface area contributed by atoms with E-state index in [4.69, 9.17) is 0 Å². The third kappa shape index (κ3) is 5.37. The molecule has 76 valence electrons. The molecule has 1 rings (SSSR count). The molecule has 1 aliphatic rings. The Bertz CT molecular complexity index is 130. The lowest BCUT2D eigenvalue weighted by molar-refractivity contribution is 0.381. The lowest BCUT2D eigenvalue weighted by atomic mass is 9.96. The van der Waals surface area contributed by atoms with E-state index in [-0.39, 0.29) is 0 Å². The van der Waals surface area contributed by atoms with Gasteiger partial charge in [0, 0.05) is 24.1 Å². The summed E-state index contributed by atoms with van der Waals surface area (Å²) in [6, 6.07) is 0.818. The Kier molecular flexibility index (Phi) is 6.38. The minimum absolute atomic E-state index is 0.818. The molecule has 0 heterocycles. The number of rotatable bonds is 6. The van der Waals surface area contributed by atoms with Crippen molar-refractivity contribution in [3.05, 3.63) is 12.7 Å². The van der Waals surface area contributed by atoms with Gasteiger partial charge in [-0.3, -0.25) is 0 Å². The van der Waals surface area contributed by atoms with Gasteiger partial charge in [-0.1, -0.05) is 25.3 Å². The van der Waals surface area contributed by atoms with E-state index >= 15 is 0 Å². The maximum absolute atomic E-state index is 3.71. The first-order valence-corrected chi connectivity index (χ1v) is 6.51. The van der Waals surface area contributed by atoms with Crippen molar-refractivity contribution in [3.8, 4) is 0 Å². The quantitative estimate of drug-likeness (QED) is 0.521. The SMILES string of the molecule is C=CCSCCNC1CCCCC1. The predicted molar refractivity (Wildman–Crippen MR) is 62.4 cm³/mol. The number of thioether (sulfide) groups is 1. The summed E-state index contributed by atoms with van der Waals surface area (Å²) in [5.74, 6) is 2.31. The Morgan fingerprint density at radius 3 is 2.77 bits per heavy atom. The molecule has 13 heavy (non-hydrogen) atoms. The van der Waals surface area contributed by atoms with Crippen molar-refractivity contribution in [2.24, 2.45) is 0 Å². The van der Waals surface area contributed by atoms with Crippen LogP contribution in [0.4, 0.5) is 0 Å². The third-order valence-corrected chi connectivity index (χ3v) is 3.48. The fraction of sp³-hybridized carbons (Fsp3) is 0.818. The van der Waals surface area contributed by atoms with E-state index in [0.717, 1.165) is 11.8 Å². The molecular formula is C11H21NS. The van der Waals surface area contributed by atoms with Gasteiger partial charge in [0.15, 0.2) is 0 Å². The summed E-state index contributed by atoms with van der Waals surface area (Å²) in [7, 11) is 0. The minimum Gasteiger partial charge on any atom is -0.313 e. The summed E-state index contributed by atoms with van der Waals surface area (Å²) in [6.07, 6.45) is 9.07. The Balaban J connectivity index is 1.89. The zero-order valence-corrected chi connectivity index (χ0v) is 9.24. The van der Waals surface area contributed by atoms with Crippen LogP contribution in [-0.4, -0.2) is 24.1 Å². The topological polar surface area (TPSA) is 12.0 Å². The van der Waals surface area contributed by atoms with E-state index in [9.17, 15) is 0 Å². The van der Waals surface area contributed by atoms with Gasteiger partial charge in [0.1, 0.15) is 0 Å². The molecule has 0 aromatic rings. The van der Waals surface area contributed by atoms with Gasteiger partial charge in [-0.15, -0.1) is 6.58 Å².